The van der Waals surface area contributed by atoms with Gasteiger partial charge in [0, 0.05) is 31.4 Å². The Morgan fingerprint density at radius 2 is 1.71 bits per heavy atom. The molecule has 1 fully saturated rings. The van der Waals surface area contributed by atoms with Crippen LogP contribution in [0.2, 0.25) is 0 Å². The van der Waals surface area contributed by atoms with Crippen molar-refractivity contribution < 1.29 is 0 Å². The largest absolute Gasteiger partial charge is 0.330 e. The molecule has 0 saturated carbocycles. The molecule has 28 heavy (non-hydrogen) atoms. The van der Waals surface area contributed by atoms with E-state index in [1.54, 1.807) is 6.20 Å². The maximum absolute atomic E-state index is 4.58. The summed E-state index contributed by atoms with van der Waals surface area (Å²) in [7, 11) is 0. The third-order valence-electron chi connectivity index (χ3n) is 5.85. The summed E-state index contributed by atoms with van der Waals surface area (Å²) in [5.74, 6) is 2.68. The van der Waals surface area contributed by atoms with Crippen LogP contribution in [0.15, 0.2) is 43.0 Å². The Balaban J connectivity index is 1.37. The van der Waals surface area contributed by atoms with Gasteiger partial charge in [-0.05, 0) is 50.4 Å². The molecular weight excluding hydrogens is 348 g/mol. The van der Waals surface area contributed by atoms with Crippen molar-refractivity contribution in [1.82, 2.24) is 29.2 Å². The van der Waals surface area contributed by atoms with Gasteiger partial charge in [-0.1, -0.05) is 31.2 Å². The van der Waals surface area contributed by atoms with E-state index in [9.17, 15) is 0 Å². The lowest BCUT2D eigenvalue weighted by atomic mass is 9.95. The summed E-state index contributed by atoms with van der Waals surface area (Å²) < 4.78 is 4.34. The van der Waals surface area contributed by atoms with Crippen molar-refractivity contribution in [2.24, 2.45) is 0 Å². The fourth-order valence-electron chi connectivity index (χ4n) is 4.14. The van der Waals surface area contributed by atoms with Crippen LogP contribution in [0.25, 0.3) is 0 Å². The fourth-order valence-corrected chi connectivity index (χ4v) is 4.14. The van der Waals surface area contributed by atoms with Gasteiger partial charge in [0.15, 0.2) is 5.82 Å². The second kappa shape index (κ2) is 8.69. The Hall–Kier alpha value is -2.47. The lowest BCUT2D eigenvalue weighted by Gasteiger charge is -2.31. The molecule has 0 aliphatic carbocycles. The molecule has 3 heterocycles. The van der Waals surface area contributed by atoms with E-state index in [-0.39, 0.29) is 0 Å². The van der Waals surface area contributed by atoms with Crippen LogP contribution in [-0.2, 0) is 26.1 Å². The normalized spacial score (nSPS) is 15.9. The fraction of sp³-hybridized carbons (Fsp3) is 0.500. The topological polar surface area (TPSA) is 51.8 Å². The maximum atomic E-state index is 4.58. The standard InChI is InChI=1S/C22H30N6/c1-3-18-5-7-19(8-6-18)15-26-12-9-20(10-13-26)22-25-24-21(28(22)4-2)16-27-14-11-23-17-27/h5-8,11,14,17,20H,3-4,9-10,12-13,15-16H2,1-2H3. The third-order valence-corrected chi connectivity index (χ3v) is 5.85. The molecule has 0 atom stereocenters. The third kappa shape index (κ3) is 4.17. The molecule has 1 aliphatic heterocycles. The van der Waals surface area contributed by atoms with Gasteiger partial charge < -0.3 is 9.13 Å². The van der Waals surface area contributed by atoms with E-state index in [1.807, 2.05) is 17.1 Å². The van der Waals surface area contributed by atoms with E-state index in [0.717, 1.165) is 63.6 Å². The van der Waals surface area contributed by atoms with Gasteiger partial charge in [-0.3, -0.25) is 4.90 Å². The second-order valence-electron chi connectivity index (χ2n) is 7.67. The first-order valence-electron chi connectivity index (χ1n) is 10.4. The molecule has 0 amide bonds. The summed E-state index contributed by atoms with van der Waals surface area (Å²) in [5, 5.41) is 9.07. The molecule has 2 aromatic heterocycles. The van der Waals surface area contributed by atoms with Gasteiger partial charge in [0.05, 0.1) is 12.9 Å². The lowest BCUT2D eigenvalue weighted by Crippen LogP contribution is -2.33. The van der Waals surface area contributed by atoms with E-state index in [2.05, 4.69) is 62.8 Å². The van der Waals surface area contributed by atoms with Gasteiger partial charge in [-0.2, -0.15) is 0 Å². The number of benzene rings is 1. The molecule has 3 aromatic rings. The monoisotopic (exact) mass is 378 g/mol. The van der Waals surface area contributed by atoms with Crippen LogP contribution < -0.4 is 0 Å². The van der Waals surface area contributed by atoms with Crippen LogP contribution in [-0.4, -0.2) is 42.3 Å². The Morgan fingerprint density at radius 3 is 2.36 bits per heavy atom. The van der Waals surface area contributed by atoms with Crippen molar-refractivity contribution in [3.8, 4) is 0 Å². The van der Waals surface area contributed by atoms with E-state index in [1.165, 1.54) is 11.1 Å². The molecule has 0 N–H and O–H groups in total. The molecule has 148 valence electrons. The maximum Gasteiger partial charge on any atom is 0.153 e. The molecule has 1 saturated heterocycles. The van der Waals surface area contributed by atoms with E-state index in [4.69, 9.17) is 0 Å². The summed E-state index contributed by atoms with van der Waals surface area (Å²) in [6.45, 7) is 9.31. The molecule has 6 nitrogen and oxygen atoms in total. The number of rotatable bonds is 7. The summed E-state index contributed by atoms with van der Waals surface area (Å²) in [6.07, 6.45) is 9.01. The summed E-state index contributed by atoms with van der Waals surface area (Å²) in [4.78, 5) is 6.69. The minimum atomic E-state index is 0.503. The molecule has 0 radical (unpaired) electrons. The molecule has 0 spiro atoms. The van der Waals surface area contributed by atoms with Crippen LogP contribution in [0.5, 0.6) is 0 Å². The van der Waals surface area contributed by atoms with Crippen molar-refractivity contribution in [3.05, 3.63) is 65.8 Å². The van der Waals surface area contributed by atoms with Crippen molar-refractivity contribution in [2.75, 3.05) is 13.1 Å². The molecule has 0 bridgehead atoms. The van der Waals surface area contributed by atoms with Crippen LogP contribution >= 0.6 is 0 Å². The summed E-state index contributed by atoms with van der Waals surface area (Å²) >= 11 is 0. The first-order chi connectivity index (χ1) is 13.8. The molecule has 6 heteroatoms. The minimum Gasteiger partial charge on any atom is -0.330 e. The molecule has 4 rings (SSSR count). The average molecular weight is 379 g/mol. The van der Waals surface area contributed by atoms with E-state index < -0.39 is 0 Å². The molecule has 1 aromatic carbocycles. The van der Waals surface area contributed by atoms with Gasteiger partial charge in [-0.25, -0.2) is 4.98 Å². The molecular formula is C22H30N6. The van der Waals surface area contributed by atoms with Gasteiger partial charge in [-0.15, -0.1) is 10.2 Å². The number of nitrogens with zero attached hydrogens (tertiary/aromatic N) is 6. The molecule has 1 aliphatic rings. The van der Waals surface area contributed by atoms with Crippen molar-refractivity contribution in [1.29, 1.82) is 0 Å². The Bertz CT molecular complexity index is 857. The van der Waals surface area contributed by atoms with E-state index >= 15 is 0 Å². The first kappa shape index (κ1) is 18.9. The highest BCUT2D eigenvalue weighted by Crippen LogP contribution is 2.28. The number of piperidine rings is 1. The van der Waals surface area contributed by atoms with Gasteiger partial charge in [0.1, 0.15) is 5.82 Å². The van der Waals surface area contributed by atoms with Crippen LogP contribution in [0.3, 0.4) is 0 Å². The zero-order valence-electron chi connectivity index (χ0n) is 17.0. The first-order valence-corrected chi connectivity index (χ1v) is 10.4. The predicted molar refractivity (Wildman–Crippen MR) is 110 cm³/mol. The number of aryl methyl sites for hydroxylation is 1. The number of imidazole rings is 1. The Kier molecular flexibility index (Phi) is 5.86. The van der Waals surface area contributed by atoms with Crippen LogP contribution in [0, 0.1) is 0 Å². The van der Waals surface area contributed by atoms with Crippen LogP contribution in [0.1, 0.15) is 55.4 Å². The predicted octanol–water partition coefficient (Wildman–Crippen LogP) is 3.48. The van der Waals surface area contributed by atoms with E-state index in [0.29, 0.717) is 5.92 Å². The lowest BCUT2D eigenvalue weighted by molar-refractivity contribution is 0.200. The van der Waals surface area contributed by atoms with Crippen molar-refractivity contribution >= 4 is 0 Å². The zero-order valence-corrected chi connectivity index (χ0v) is 17.0. The van der Waals surface area contributed by atoms with Gasteiger partial charge in [0.2, 0.25) is 0 Å². The smallest absolute Gasteiger partial charge is 0.153 e. The zero-order chi connectivity index (χ0) is 19.3. The van der Waals surface area contributed by atoms with Crippen LogP contribution in [0.4, 0.5) is 0 Å². The highest BCUT2D eigenvalue weighted by molar-refractivity contribution is 5.22. The summed E-state index contributed by atoms with van der Waals surface area (Å²) in [6, 6.07) is 9.07. The minimum absolute atomic E-state index is 0.503. The SMILES string of the molecule is CCc1ccc(CN2CCC(c3nnc(Cn4ccnc4)n3CC)CC2)cc1. The summed E-state index contributed by atoms with van der Waals surface area (Å²) in [5.41, 5.74) is 2.82. The van der Waals surface area contributed by atoms with Crippen molar-refractivity contribution in [2.45, 2.75) is 58.7 Å². The number of likely N-dealkylation sites (tertiary alicyclic amines) is 1. The van der Waals surface area contributed by atoms with Gasteiger partial charge in [0.25, 0.3) is 0 Å². The second-order valence-corrected chi connectivity index (χ2v) is 7.67. The Labute approximate surface area is 167 Å². The number of hydrogen-bond donors (Lipinski definition) is 0. The molecule has 0 unspecified atom stereocenters. The number of aromatic nitrogens is 5. The van der Waals surface area contributed by atoms with Gasteiger partial charge >= 0.3 is 0 Å². The highest BCUT2D eigenvalue weighted by Gasteiger charge is 2.25. The highest BCUT2D eigenvalue weighted by atomic mass is 15.3. The Morgan fingerprint density at radius 1 is 0.964 bits per heavy atom. The average Bonchev–Trinajstić information content (AvgIpc) is 3.39. The number of hydrogen-bond acceptors (Lipinski definition) is 4. The quantitative estimate of drug-likeness (QED) is 0.632. The van der Waals surface area contributed by atoms with Crippen molar-refractivity contribution in [3.63, 3.8) is 0 Å².